The third-order valence-electron chi connectivity index (χ3n) is 1.31. The maximum atomic E-state index is 12.0. The SMILES string of the molecule is NC(=O)c1ncc(C(O)C(F)(F)F)s1. The quantitative estimate of drug-likeness (QED) is 0.784. The number of nitrogens with two attached hydrogens (primary N) is 1. The van der Waals surface area contributed by atoms with E-state index in [1.807, 2.05) is 0 Å². The summed E-state index contributed by atoms with van der Waals surface area (Å²) < 4.78 is 35.9. The molecule has 0 aliphatic carbocycles. The van der Waals surface area contributed by atoms with Gasteiger partial charge in [0.15, 0.2) is 11.1 Å². The van der Waals surface area contributed by atoms with Crippen molar-refractivity contribution in [2.45, 2.75) is 12.3 Å². The Balaban J connectivity index is 2.92. The molecule has 14 heavy (non-hydrogen) atoms. The standard InChI is InChI=1S/C6H5F3N2O2S/c7-6(8,9)3(12)2-1-11-5(14-2)4(10)13/h1,3,12H,(H2,10,13). The van der Waals surface area contributed by atoms with E-state index in [4.69, 9.17) is 10.8 Å². The first-order valence-corrected chi connectivity index (χ1v) is 4.14. The van der Waals surface area contributed by atoms with Crippen LogP contribution in [0.5, 0.6) is 0 Å². The molecule has 1 unspecified atom stereocenters. The van der Waals surface area contributed by atoms with Gasteiger partial charge in [0, 0.05) is 6.20 Å². The van der Waals surface area contributed by atoms with Crippen LogP contribution in [-0.2, 0) is 0 Å². The Morgan fingerprint density at radius 3 is 2.57 bits per heavy atom. The molecule has 8 heteroatoms. The zero-order chi connectivity index (χ0) is 10.9. The predicted octanol–water partition coefficient (Wildman–Crippen LogP) is 0.838. The summed E-state index contributed by atoms with van der Waals surface area (Å²) in [6.07, 6.45) is -6.60. The first kappa shape index (κ1) is 10.9. The fourth-order valence-electron chi connectivity index (χ4n) is 0.688. The van der Waals surface area contributed by atoms with Crippen LogP contribution in [0.1, 0.15) is 20.8 Å². The van der Waals surface area contributed by atoms with Crippen molar-refractivity contribution in [3.8, 4) is 0 Å². The molecule has 1 aromatic rings. The van der Waals surface area contributed by atoms with Crippen molar-refractivity contribution < 1.29 is 23.1 Å². The van der Waals surface area contributed by atoms with Crippen LogP contribution in [0.25, 0.3) is 0 Å². The van der Waals surface area contributed by atoms with E-state index in [2.05, 4.69) is 4.98 Å². The van der Waals surface area contributed by atoms with Crippen LogP contribution in [0.15, 0.2) is 6.20 Å². The number of thiazole rings is 1. The van der Waals surface area contributed by atoms with Crippen molar-refractivity contribution in [1.82, 2.24) is 4.98 Å². The fraction of sp³-hybridized carbons (Fsp3) is 0.333. The number of halogens is 3. The lowest BCUT2D eigenvalue weighted by Crippen LogP contribution is -2.19. The zero-order valence-corrected chi connectivity index (χ0v) is 7.39. The average Bonchev–Trinajstić information content (AvgIpc) is 2.48. The van der Waals surface area contributed by atoms with Crippen LogP contribution in [0.2, 0.25) is 0 Å². The molecule has 1 heterocycles. The summed E-state index contributed by atoms with van der Waals surface area (Å²) in [6.45, 7) is 0. The topological polar surface area (TPSA) is 76.2 Å². The molecule has 3 N–H and O–H groups in total. The molecule has 1 aromatic heterocycles. The minimum Gasteiger partial charge on any atom is -0.379 e. The van der Waals surface area contributed by atoms with Gasteiger partial charge in [0.05, 0.1) is 4.88 Å². The lowest BCUT2D eigenvalue weighted by molar-refractivity contribution is -0.205. The number of nitrogens with zero attached hydrogens (tertiary/aromatic N) is 1. The van der Waals surface area contributed by atoms with Gasteiger partial charge in [-0.05, 0) is 0 Å². The van der Waals surface area contributed by atoms with Gasteiger partial charge >= 0.3 is 6.18 Å². The van der Waals surface area contributed by atoms with Gasteiger partial charge in [-0.3, -0.25) is 4.79 Å². The molecule has 0 aliphatic rings. The smallest absolute Gasteiger partial charge is 0.379 e. The molecule has 0 radical (unpaired) electrons. The highest BCUT2D eigenvalue weighted by Crippen LogP contribution is 2.34. The molecule has 78 valence electrons. The number of aliphatic hydroxyl groups excluding tert-OH is 1. The molecular weight excluding hydrogens is 221 g/mol. The lowest BCUT2D eigenvalue weighted by Gasteiger charge is -2.11. The van der Waals surface area contributed by atoms with Gasteiger partial charge in [0.1, 0.15) is 0 Å². The Morgan fingerprint density at radius 2 is 2.21 bits per heavy atom. The maximum absolute atomic E-state index is 12.0. The Hall–Kier alpha value is -1.15. The van der Waals surface area contributed by atoms with Crippen molar-refractivity contribution in [3.05, 3.63) is 16.1 Å². The molecule has 4 nitrogen and oxygen atoms in total. The van der Waals surface area contributed by atoms with Gasteiger partial charge < -0.3 is 10.8 Å². The Labute approximate surface area is 80.2 Å². The van der Waals surface area contributed by atoms with E-state index in [9.17, 15) is 18.0 Å². The molecule has 0 spiro atoms. The fourth-order valence-corrected chi connectivity index (χ4v) is 1.47. The molecule has 1 rings (SSSR count). The number of hydrogen-bond donors (Lipinski definition) is 2. The third-order valence-corrected chi connectivity index (χ3v) is 2.38. The normalized spacial score (nSPS) is 14.0. The Bertz CT molecular complexity index is 349. The van der Waals surface area contributed by atoms with Crippen molar-refractivity contribution in [2.75, 3.05) is 0 Å². The summed E-state index contributed by atoms with van der Waals surface area (Å²) in [6, 6.07) is 0. The summed E-state index contributed by atoms with van der Waals surface area (Å²) >= 11 is 0.420. The van der Waals surface area contributed by atoms with E-state index >= 15 is 0 Å². The number of rotatable bonds is 2. The van der Waals surface area contributed by atoms with Crippen LogP contribution in [0.3, 0.4) is 0 Å². The summed E-state index contributed by atoms with van der Waals surface area (Å²) in [5, 5.41) is 8.48. The van der Waals surface area contributed by atoms with Crippen molar-refractivity contribution in [2.24, 2.45) is 5.73 Å². The minimum atomic E-state index is -4.76. The monoisotopic (exact) mass is 226 g/mol. The molecule has 0 aliphatic heterocycles. The highest BCUT2D eigenvalue weighted by atomic mass is 32.1. The van der Waals surface area contributed by atoms with Crippen LogP contribution in [-0.4, -0.2) is 22.2 Å². The predicted molar refractivity (Wildman–Crippen MR) is 41.6 cm³/mol. The van der Waals surface area contributed by atoms with E-state index < -0.39 is 23.1 Å². The number of amides is 1. The van der Waals surface area contributed by atoms with E-state index in [1.54, 1.807) is 0 Å². The number of alkyl halides is 3. The van der Waals surface area contributed by atoms with E-state index in [0.717, 1.165) is 6.20 Å². The summed E-state index contributed by atoms with van der Waals surface area (Å²) in [7, 11) is 0. The highest BCUT2D eigenvalue weighted by Gasteiger charge is 2.40. The first-order valence-electron chi connectivity index (χ1n) is 3.32. The molecule has 0 aromatic carbocycles. The van der Waals surface area contributed by atoms with Crippen LogP contribution in [0, 0.1) is 0 Å². The van der Waals surface area contributed by atoms with Crippen molar-refractivity contribution in [1.29, 1.82) is 0 Å². The molecule has 0 fully saturated rings. The second kappa shape index (κ2) is 3.54. The van der Waals surface area contributed by atoms with Crippen LogP contribution < -0.4 is 5.73 Å². The molecule has 1 atom stereocenters. The number of carbonyl (C=O) groups excluding carboxylic acids is 1. The van der Waals surface area contributed by atoms with Gasteiger partial charge in [0.25, 0.3) is 5.91 Å². The van der Waals surface area contributed by atoms with E-state index in [-0.39, 0.29) is 5.01 Å². The van der Waals surface area contributed by atoms with Gasteiger partial charge in [-0.25, -0.2) is 4.98 Å². The van der Waals surface area contributed by atoms with Crippen LogP contribution in [0.4, 0.5) is 13.2 Å². The molecular formula is C6H5F3N2O2S. The average molecular weight is 226 g/mol. The minimum absolute atomic E-state index is 0.261. The van der Waals surface area contributed by atoms with Gasteiger partial charge in [-0.15, -0.1) is 11.3 Å². The van der Waals surface area contributed by atoms with Gasteiger partial charge in [-0.2, -0.15) is 13.2 Å². The van der Waals surface area contributed by atoms with Crippen LogP contribution >= 0.6 is 11.3 Å². The second-order valence-corrected chi connectivity index (χ2v) is 3.44. The highest BCUT2D eigenvalue weighted by molar-refractivity contribution is 7.13. The largest absolute Gasteiger partial charge is 0.419 e. The number of hydrogen-bond acceptors (Lipinski definition) is 4. The zero-order valence-electron chi connectivity index (χ0n) is 6.58. The Kier molecular flexibility index (Phi) is 2.76. The Morgan fingerprint density at radius 1 is 1.64 bits per heavy atom. The maximum Gasteiger partial charge on any atom is 0.419 e. The molecule has 0 bridgehead atoms. The van der Waals surface area contributed by atoms with Gasteiger partial charge in [0.2, 0.25) is 0 Å². The van der Waals surface area contributed by atoms with Crippen molar-refractivity contribution >= 4 is 17.2 Å². The van der Waals surface area contributed by atoms with Crippen molar-refractivity contribution in [3.63, 3.8) is 0 Å². The van der Waals surface area contributed by atoms with E-state index in [0.29, 0.717) is 11.3 Å². The molecule has 0 saturated carbocycles. The lowest BCUT2D eigenvalue weighted by atomic mass is 10.3. The number of primary amides is 1. The van der Waals surface area contributed by atoms with Gasteiger partial charge in [-0.1, -0.05) is 0 Å². The molecule has 0 saturated heterocycles. The number of aliphatic hydroxyl groups is 1. The van der Waals surface area contributed by atoms with E-state index in [1.165, 1.54) is 0 Å². The third kappa shape index (κ3) is 2.20. The number of aromatic nitrogens is 1. The summed E-state index contributed by atoms with van der Waals surface area (Å²) in [5.41, 5.74) is 4.78. The summed E-state index contributed by atoms with van der Waals surface area (Å²) in [5.74, 6) is -0.921. The number of carbonyl (C=O) groups is 1. The summed E-state index contributed by atoms with van der Waals surface area (Å²) in [4.78, 5) is 13.4. The molecule has 1 amide bonds. The second-order valence-electron chi connectivity index (χ2n) is 2.38. The first-order chi connectivity index (χ1) is 6.32.